The van der Waals surface area contributed by atoms with Crippen LogP contribution in [0, 0.1) is 0 Å². The zero-order valence-corrected chi connectivity index (χ0v) is 13.2. The van der Waals surface area contributed by atoms with Crippen LogP contribution in [-0.2, 0) is 0 Å². The van der Waals surface area contributed by atoms with Crippen LogP contribution in [0.3, 0.4) is 0 Å². The van der Waals surface area contributed by atoms with Crippen LogP contribution < -0.4 is 11.1 Å². The van der Waals surface area contributed by atoms with Crippen molar-refractivity contribution in [2.75, 3.05) is 6.54 Å². The van der Waals surface area contributed by atoms with E-state index < -0.39 is 5.60 Å². The lowest BCUT2D eigenvalue weighted by molar-refractivity contribution is 0.0796. The summed E-state index contributed by atoms with van der Waals surface area (Å²) in [5.41, 5.74) is 5.04. The predicted octanol–water partition coefficient (Wildman–Crippen LogP) is 2.85. The molecule has 4 N–H and O–H groups in total. The smallest absolute Gasteiger partial charge is 0.0907 e. The molecular weight excluding hydrogens is 295 g/mol. The maximum absolute atomic E-state index is 10.4. The highest BCUT2D eigenvalue weighted by atomic mass is 35.5. The summed E-state index contributed by atoms with van der Waals surface area (Å²) in [7, 11) is 0. The molecule has 0 heterocycles. The van der Waals surface area contributed by atoms with E-state index in [9.17, 15) is 5.11 Å². The van der Waals surface area contributed by atoms with Crippen LogP contribution in [0.1, 0.15) is 33.6 Å². The highest BCUT2D eigenvalue weighted by Crippen LogP contribution is 2.35. The van der Waals surface area contributed by atoms with Crippen LogP contribution in [0.25, 0.3) is 0 Å². The fourth-order valence-electron chi connectivity index (χ4n) is 1.67. The minimum atomic E-state index is -1.00. The first-order valence-corrected chi connectivity index (χ1v) is 6.39. The number of allylic oxidation sites excluding steroid dienone is 1. The van der Waals surface area contributed by atoms with Crippen molar-refractivity contribution in [3.8, 4) is 0 Å². The van der Waals surface area contributed by atoms with Crippen molar-refractivity contribution < 1.29 is 5.11 Å². The molecule has 106 valence electrons. The molecule has 0 aromatic rings. The van der Waals surface area contributed by atoms with Crippen molar-refractivity contribution in [1.29, 1.82) is 0 Å². The molecule has 0 aliphatic heterocycles. The molecule has 0 saturated carbocycles. The molecular formula is C12H21Cl3N2O. The van der Waals surface area contributed by atoms with Gasteiger partial charge in [0.15, 0.2) is 0 Å². The second-order valence-corrected chi connectivity index (χ2v) is 6.38. The van der Waals surface area contributed by atoms with E-state index in [0.29, 0.717) is 35.1 Å². The van der Waals surface area contributed by atoms with Crippen molar-refractivity contribution in [1.82, 2.24) is 5.32 Å². The van der Waals surface area contributed by atoms with Gasteiger partial charge in [0.1, 0.15) is 0 Å². The van der Waals surface area contributed by atoms with Crippen molar-refractivity contribution in [2.45, 2.75) is 44.8 Å². The summed E-state index contributed by atoms with van der Waals surface area (Å²) in [6, 6.07) is 0. The number of aliphatic hydroxyl groups is 1. The Morgan fingerprint density at radius 2 is 2.00 bits per heavy atom. The Kier molecular flexibility index (Phi) is 6.51. The third kappa shape index (κ3) is 5.37. The van der Waals surface area contributed by atoms with Gasteiger partial charge in [-0.25, -0.2) is 0 Å². The lowest BCUT2D eigenvalue weighted by atomic mass is 9.90. The highest BCUT2D eigenvalue weighted by molar-refractivity contribution is 6.36. The van der Waals surface area contributed by atoms with Gasteiger partial charge in [0.05, 0.1) is 16.3 Å². The fraction of sp³-hybridized carbons (Fsp3) is 0.667. The van der Waals surface area contributed by atoms with Crippen LogP contribution in [-0.4, -0.2) is 22.8 Å². The number of halogens is 3. The van der Waals surface area contributed by atoms with E-state index in [1.807, 2.05) is 0 Å². The zero-order valence-electron chi connectivity index (χ0n) is 10.9. The lowest BCUT2D eigenvalue weighted by Gasteiger charge is -2.30. The normalized spacial score (nSPS) is 24.7. The van der Waals surface area contributed by atoms with Crippen LogP contribution in [0.2, 0.25) is 0 Å². The van der Waals surface area contributed by atoms with Crippen molar-refractivity contribution >= 4 is 35.6 Å². The van der Waals surface area contributed by atoms with Crippen LogP contribution >= 0.6 is 35.6 Å². The molecule has 0 spiro atoms. The standard InChI is InChI=1S/C12H20Cl2N2O.ClH/c1-11(2,3)16-5-4-12(17)6-8(13)10(15)9(14)7-12;/h6,16-17H,4-5,7,15H2,1-3H3;1H. The van der Waals surface area contributed by atoms with Crippen molar-refractivity contribution in [3.63, 3.8) is 0 Å². The molecule has 1 atom stereocenters. The first-order chi connectivity index (χ1) is 7.63. The molecule has 1 aliphatic rings. The minimum absolute atomic E-state index is 0. The van der Waals surface area contributed by atoms with E-state index in [1.165, 1.54) is 0 Å². The Labute approximate surface area is 125 Å². The fourth-order valence-corrected chi connectivity index (χ4v) is 2.37. The van der Waals surface area contributed by atoms with Gasteiger partial charge in [0, 0.05) is 17.0 Å². The van der Waals surface area contributed by atoms with E-state index in [1.54, 1.807) is 6.08 Å². The molecule has 1 rings (SSSR count). The predicted molar refractivity (Wildman–Crippen MR) is 80.2 cm³/mol. The Morgan fingerprint density at radius 3 is 2.44 bits per heavy atom. The van der Waals surface area contributed by atoms with Gasteiger partial charge in [-0.1, -0.05) is 23.2 Å². The molecule has 3 nitrogen and oxygen atoms in total. The first-order valence-electron chi connectivity index (χ1n) is 5.63. The Morgan fingerprint density at radius 1 is 1.44 bits per heavy atom. The summed E-state index contributed by atoms with van der Waals surface area (Å²) < 4.78 is 0. The van der Waals surface area contributed by atoms with Crippen molar-refractivity contribution in [3.05, 3.63) is 21.8 Å². The molecule has 0 saturated heterocycles. The maximum Gasteiger partial charge on any atom is 0.0907 e. The van der Waals surface area contributed by atoms with Gasteiger partial charge >= 0.3 is 0 Å². The van der Waals surface area contributed by atoms with Crippen molar-refractivity contribution in [2.24, 2.45) is 5.73 Å². The first kappa shape index (κ1) is 18.1. The molecule has 18 heavy (non-hydrogen) atoms. The maximum atomic E-state index is 10.4. The SMILES string of the molecule is CC(C)(C)NCCC1(O)C=C(Cl)C(N)=C(Cl)C1.Cl. The van der Waals surface area contributed by atoms with Crippen LogP contribution in [0.4, 0.5) is 0 Å². The van der Waals surface area contributed by atoms with Gasteiger partial charge in [0.25, 0.3) is 0 Å². The topological polar surface area (TPSA) is 58.3 Å². The molecule has 6 heteroatoms. The Balaban J connectivity index is 0.00000289. The number of nitrogens with one attached hydrogen (secondary N) is 1. The summed E-state index contributed by atoms with van der Waals surface area (Å²) in [6.45, 7) is 6.91. The molecule has 0 aromatic carbocycles. The summed E-state index contributed by atoms with van der Waals surface area (Å²) in [6.07, 6.45) is 2.45. The summed E-state index contributed by atoms with van der Waals surface area (Å²) >= 11 is 11.9. The molecule has 0 aromatic heterocycles. The number of hydrogen-bond acceptors (Lipinski definition) is 3. The lowest BCUT2D eigenvalue weighted by Crippen LogP contribution is -2.41. The quantitative estimate of drug-likeness (QED) is 0.750. The molecule has 1 unspecified atom stereocenters. The second-order valence-electron chi connectivity index (χ2n) is 5.52. The monoisotopic (exact) mass is 314 g/mol. The average molecular weight is 316 g/mol. The third-order valence-corrected chi connectivity index (χ3v) is 3.27. The second kappa shape index (κ2) is 6.49. The Hall–Kier alpha value is 0.0700. The van der Waals surface area contributed by atoms with Gasteiger partial charge in [-0.05, 0) is 39.8 Å². The third-order valence-electron chi connectivity index (χ3n) is 2.62. The molecule has 0 fully saturated rings. The highest BCUT2D eigenvalue weighted by Gasteiger charge is 2.31. The number of rotatable bonds is 3. The van der Waals surface area contributed by atoms with Gasteiger partial charge in [-0.15, -0.1) is 12.4 Å². The van der Waals surface area contributed by atoms with E-state index >= 15 is 0 Å². The summed E-state index contributed by atoms with van der Waals surface area (Å²) in [4.78, 5) is 0. The molecule has 1 aliphatic carbocycles. The number of hydrogen-bond donors (Lipinski definition) is 3. The summed E-state index contributed by atoms with van der Waals surface area (Å²) in [5.74, 6) is 0. The molecule has 0 amide bonds. The van der Waals surface area contributed by atoms with Gasteiger partial charge in [0.2, 0.25) is 0 Å². The molecule has 0 bridgehead atoms. The van der Waals surface area contributed by atoms with E-state index in [2.05, 4.69) is 26.1 Å². The van der Waals surface area contributed by atoms with E-state index in [4.69, 9.17) is 28.9 Å². The molecule has 0 radical (unpaired) electrons. The van der Waals surface area contributed by atoms with Crippen LogP contribution in [0.15, 0.2) is 21.8 Å². The largest absolute Gasteiger partial charge is 0.397 e. The van der Waals surface area contributed by atoms with E-state index in [-0.39, 0.29) is 17.9 Å². The average Bonchev–Trinajstić information content (AvgIpc) is 2.11. The Bertz CT molecular complexity index is 361. The zero-order chi connectivity index (χ0) is 13.3. The van der Waals surface area contributed by atoms with Gasteiger partial charge in [-0.3, -0.25) is 0 Å². The van der Waals surface area contributed by atoms with E-state index in [0.717, 1.165) is 0 Å². The van der Waals surface area contributed by atoms with Gasteiger partial charge < -0.3 is 16.2 Å². The summed E-state index contributed by atoms with van der Waals surface area (Å²) in [5, 5.41) is 14.4. The van der Waals surface area contributed by atoms with Gasteiger partial charge in [-0.2, -0.15) is 0 Å². The van der Waals surface area contributed by atoms with Crippen LogP contribution in [0.5, 0.6) is 0 Å². The number of nitrogens with two attached hydrogens (primary N) is 1. The minimum Gasteiger partial charge on any atom is -0.397 e.